The van der Waals surface area contributed by atoms with E-state index < -0.39 is 12.2 Å². The molecule has 0 aromatic heterocycles. The number of ether oxygens (including phenoxy) is 1. The molecule has 0 aliphatic carbocycles. The Morgan fingerprint density at radius 2 is 1.85 bits per heavy atom. The third-order valence-electron chi connectivity index (χ3n) is 1.72. The van der Waals surface area contributed by atoms with Gasteiger partial charge in [0.05, 0.1) is 6.10 Å². The Morgan fingerprint density at radius 1 is 1.23 bits per heavy atom. The smallest absolute Gasteiger partial charge is 0.119 e. The van der Waals surface area contributed by atoms with Crippen molar-refractivity contribution in [1.29, 1.82) is 0 Å². The molecule has 1 rings (SSSR count). The van der Waals surface area contributed by atoms with Gasteiger partial charge in [0.15, 0.2) is 0 Å². The van der Waals surface area contributed by atoms with E-state index in [0.717, 1.165) is 0 Å². The summed E-state index contributed by atoms with van der Waals surface area (Å²) in [6.07, 6.45) is -1.59. The minimum absolute atomic E-state index is 0.113. The average molecular weight is 182 g/mol. The van der Waals surface area contributed by atoms with Crippen LogP contribution in [0.4, 0.5) is 0 Å². The molecule has 3 heteroatoms. The molecule has 0 amide bonds. The third kappa shape index (κ3) is 3.44. The molecular weight excluding hydrogens is 168 g/mol. The standard InChI is InChI=1S/C10H14O3/c1-8(11)10(12)7-13-9-5-3-2-4-6-9/h2-6,8,10-12H,7H2,1H3. The lowest BCUT2D eigenvalue weighted by Gasteiger charge is -2.14. The van der Waals surface area contributed by atoms with Gasteiger partial charge in [-0.2, -0.15) is 0 Å². The molecule has 0 bridgehead atoms. The summed E-state index contributed by atoms with van der Waals surface area (Å²) < 4.78 is 5.22. The maximum atomic E-state index is 9.21. The van der Waals surface area contributed by atoms with Crippen LogP contribution in [0.3, 0.4) is 0 Å². The summed E-state index contributed by atoms with van der Waals surface area (Å²) in [5.74, 6) is 0.696. The van der Waals surface area contributed by atoms with E-state index in [1.807, 2.05) is 18.2 Å². The average Bonchev–Trinajstić information content (AvgIpc) is 2.15. The molecule has 1 aromatic rings. The van der Waals surface area contributed by atoms with Gasteiger partial charge in [0.2, 0.25) is 0 Å². The Balaban J connectivity index is 2.35. The van der Waals surface area contributed by atoms with Gasteiger partial charge >= 0.3 is 0 Å². The number of para-hydroxylation sites is 1. The zero-order chi connectivity index (χ0) is 9.68. The second-order valence-electron chi connectivity index (χ2n) is 2.93. The van der Waals surface area contributed by atoms with Crippen LogP contribution in [0.15, 0.2) is 30.3 Å². The molecular formula is C10H14O3. The van der Waals surface area contributed by atoms with Gasteiger partial charge in [0.1, 0.15) is 18.5 Å². The molecule has 3 nitrogen and oxygen atoms in total. The molecule has 0 aliphatic rings. The van der Waals surface area contributed by atoms with E-state index in [-0.39, 0.29) is 6.61 Å². The van der Waals surface area contributed by atoms with Crippen LogP contribution in [-0.4, -0.2) is 29.0 Å². The maximum Gasteiger partial charge on any atom is 0.119 e. The SMILES string of the molecule is CC(O)C(O)COc1ccccc1. The van der Waals surface area contributed by atoms with Crippen LogP contribution >= 0.6 is 0 Å². The van der Waals surface area contributed by atoms with Gasteiger partial charge < -0.3 is 14.9 Å². The van der Waals surface area contributed by atoms with Crippen LogP contribution in [0.2, 0.25) is 0 Å². The Morgan fingerprint density at radius 3 is 2.38 bits per heavy atom. The molecule has 2 atom stereocenters. The molecule has 2 N–H and O–H groups in total. The van der Waals surface area contributed by atoms with E-state index >= 15 is 0 Å². The number of benzene rings is 1. The van der Waals surface area contributed by atoms with Gasteiger partial charge in [-0.1, -0.05) is 18.2 Å². The summed E-state index contributed by atoms with van der Waals surface area (Å²) in [6.45, 7) is 1.64. The van der Waals surface area contributed by atoms with E-state index in [0.29, 0.717) is 5.75 Å². The first kappa shape index (κ1) is 10.0. The number of rotatable bonds is 4. The topological polar surface area (TPSA) is 49.7 Å². The highest BCUT2D eigenvalue weighted by molar-refractivity contribution is 5.20. The lowest BCUT2D eigenvalue weighted by atomic mass is 10.2. The number of aliphatic hydroxyl groups is 2. The van der Waals surface area contributed by atoms with E-state index in [1.165, 1.54) is 6.92 Å². The lowest BCUT2D eigenvalue weighted by molar-refractivity contribution is 0.00227. The van der Waals surface area contributed by atoms with Gasteiger partial charge in [0, 0.05) is 0 Å². The number of hydrogen-bond donors (Lipinski definition) is 2. The molecule has 1 aromatic carbocycles. The maximum absolute atomic E-state index is 9.21. The Labute approximate surface area is 77.6 Å². The quantitative estimate of drug-likeness (QED) is 0.724. The highest BCUT2D eigenvalue weighted by atomic mass is 16.5. The summed E-state index contributed by atoms with van der Waals surface area (Å²) in [5.41, 5.74) is 0. The highest BCUT2D eigenvalue weighted by Gasteiger charge is 2.10. The van der Waals surface area contributed by atoms with E-state index in [4.69, 9.17) is 9.84 Å². The van der Waals surface area contributed by atoms with Crippen LogP contribution in [0.25, 0.3) is 0 Å². The molecule has 0 radical (unpaired) electrons. The van der Waals surface area contributed by atoms with Gasteiger partial charge in [-0.15, -0.1) is 0 Å². The fourth-order valence-corrected chi connectivity index (χ4v) is 0.838. The first-order valence-electron chi connectivity index (χ1n) is 4.24. The summed E-state index contributed by atoms with van der Waals surface area (Å²) in [5, 5.41) is 18.2. The van der Waals surface area contributed by atoms with E-state index in [1.54, 1.807) is 12.1 Å². The summed E-state index contributed by atoms with van der Waals surface area (Å²) in [7, 11) is 0. The minimum atomic E-state index is -0.833. The largest absolute Gasteiger partial charge is 0.491 e. The fraction of sp³-hybridized carbons (Fsp3) is 0.400. The third-order valence-corrected chi connectivity index (χ3v) is 1.72. The van der Waals surface area contributed by atoms with Crippen LogP contribution < -0.4 is 4.74 Å². The van der Waals surface area contributed by atoms with Crippen molar-refractivity contribution in [2.24, 2.45) is 0 Å². The second kappa shape index (κ2) is 4.84. The zero-order valence-electron chi connectivity index (χ0n) is 7.55. The number of aliphatic hydroxyl groups excluding tert-OH is 2. The monoisotopic (exact) mass is 182 g/mol. The molecule has 0 saturated carbocycles. The summed E-state index contributed by atoms with van der Waals surface area (Å²) in [4.78, 5) is 0. The second-order valence-corrected chi connectivity index (χ2v) is 2.93. The van der Waals surface area contributed by atoms with Crippen molar-refractivity contribution >= 4 is 0 Å². The first-order chi connectivity index (χ1) is 6.20. The summed E-state index contributed by atoms with van der Waals surface area (Å²) >= 11 is 0. The molecule has 0 aliphatic heterocycles. The first-order valence-corrected chi connectivity index (χ1v) is 4.24. The molecule has 0 heterocycles. The molecule has 13 heavy (non-hydrogen) atoms. The van der Waals surface area contributed by atoms with Crippen LogP contribution in [0, 0.1) is 0 Å². The zero-order valence-corrected chi connectivity index (χ0v) is 7.55. The number of hydrogen-bond acceptors (Lipinski definition) is 3. The Bertz CT molecular complexity index is 233. The van der Waals surface area contributed by atoms with Gasteiger partial charge in [-0.3, -0.25) is 0 Å². The Kier molecular flexibility index (Phi) is 3.73. The molecule has 2 unspecified atom stereocenters. The van der Waals surface area contributed by atoms with Crippen molar-refractivity contribution in [3.05, 3.63) is 30.3 Å². The van der Waals surface area contributed by atoms with E-state index in [9.17, 15) is 5.11 Å². The minimum Gasteiger partial charge on any atom is -0.491 e. The van der Waals surface area contributed by atoms with Crippen molar-refractivity contribution in [3.8, 4) is 5.75 Å². The normalized spacial score (nSPS) is 15.0. The van der Waals surface area contributed by atoms with Crippen molar-refractivity contribution in [2.75, 3.05) is 6.61 Å². The molecule has 0 spiro atoms. The molecule has 72 valence electrons. The summed E-state index contributed by atoms with van der Waals surface area (Å²) in [6, 6.07) is 9.19. The molecule has 0 fully saturated rings. The van der Waals surface area contributed by atoms with Crippen LogP contribution in [0.1, 0.15) is 6.92 Å². The Hall–Kier alpha value is -1.06. The van der Waals surface area contributed by atoms with Crippen LogP contribution in [0.5, 0.6) is 5.75 Å². The van der Waals surface area contributed by atoms with Gasteiger partial charge in [-0.25, -0.2) is 0 Å². The van der Waals surface area contributed by atoms with Crippen molar-refractivity contribution in [2.45, 2.75) is 19.1 Å². The van der Waals surface area contributed by atoms with Gasteiger partial charge in [0.25, 0.3) is 0 Å². The predicted octanol–water partition coefficient (Wildman–Crippen LogP) is 0.807. The van der Waals surface area contributed by atoms with Crippen molar-refractivity contribution in [1.82, 2.24) is 0 Å². The van der Waals surface area contributed by atoms with Crippen molar-refractivity contribution < 1.29 is 14.9 Å². The van der Waals surface area contributed by atoms with Gasteiger partial charge in [-0.05, 0) is 19.1 Å². The highest BCUT2D eigenvalue weighted by Crippen LogP contribution is 2.08. The van der Waals surface area contributed by atoms with Crippen LogP contribution in [-0.2, 0) is 0 Å². The molecule has 0 saturated heterocycles. The predicted molar refractivity (Wildman–Crippen MR) is 49.6 cm³/mol. The van der Waals surface area contributed by atoms with Crippen molar-refractivity contribution in [3.63, 3.8) is 0 Å². The van der Waals surface area contributed by atoms with E-state index in [2.05, 4.69) is 0 Å². The fourth-order valence-electron chi connectivity index (χ4n) is 0.838. The lowest BCUT2D eigenvalue weighted by Crippen LogP contribution is -2.29.